The molecule has 1 heterocycles. The highest BCUT2D eigenvalue weighted by Crippen LogP contribution is 2.16. The Morgan fingerprint density at radius 3 is 1.96 bits per heavy atom. The predicted octanol–water partition coefficient (Wildman–Crippen LogP) is 4.61. The van der Waals surface area contributed by atoms with E-state index >= 15 is 0 Å². The average molecular weight is 395 g/mol. The molecule has 2 atom stereocenters. The zero-order valence-electron chi connectivity index (χ0n) is 17.9. The number of allylic oxidation sites excluding steroid dienone is 4. The first-order valence-corrected chi connectivity index (χ1v) is 10.0. The number of aliphatic hydroxyl groups is 2. The summed E-state index contributed by atoms with van der Waals surface area (Å²) < 4.78 is 5.06. The van der Waals surface area contributed by atoms with Gasteiger partial charge in [0.05, 0.1) is 25.4 Å². The molecule has 0 spiro atoms. The molecule has 6 N–H and O–H groups in total. The van der Waals surface area contributed by atoms with E-state index in [1.54, 1.807) is 0 Å². The van der Waals surface area contributed by atoms with Crippen LogP contribution in [-0.4, -0.2) is 51.6 Å². The molecule has 0 saturated carbocycles. The summed E-state index contributed by atoms with van der Waals surface area (Å²) in [4.78, 5) is 0. The van der Waals surface area contributed by atoms with Gasteiger partial charge in [-0.15, -0.1) is 0 Å². The normalized spacial score (nSPS) is 15.5. The van der Waals surface area contributed by atoms with E-state index in [0.29, 0.717) is 6.10 Å². The van der Waals surface area contributed by atoms with Gasteiger partial charge < -0.3 is 20.4 Å². The number of epoxide rings is 1. The Morgan fingerprint density at radius 2 is 1.56 bits per heavy atom. The van der Waals surface area contributed by atoms with E-state index in [4.69, 9.17) is 25.5 Å². The van der Waals surface area contributed by atoms with E-state index in [0.717, 1.165) is 38.7 Å². The van der Waals surface area contributed by atoms with Crippen LogP contribution in [0.1, 0.15) is 85.5 Å². The molecule has 1 aliphatic rings. The standard InChI is InChI=1S/C7H16O2.C7H14O.C7H12.H2O2.H2O/c1-2-3-4-5-7(9)6-8;1-2-3-4-5-7-6-8-7;1-3-5-7-6-4-2;1-2;/h7-9H,2-6H2,1H3;7H,2-6H2,1H3;3,5-7H,4H2,1-2H3;1-2H;1H2. The molecule has 1 aliphatic heterocycles. The number of hydrogen-bond donors (Lipinski definition) is 4. The van der Waals surface area contributed by atoms with Gasteiger partial charge in [0.25, 0.3) is 0 Å². The molecule has 0 aromatic carbocycles. The minimum Gasteiger partial charge on any atom is -0.412 e. The molecule has 0 aromatic rings. The lowest BCUT2D eigenvalue weighted by molar-refractivity contribution is -0.176. The maximum absolute atomic E-state index is 8.83. The van der Waals surface area contributed by atoms with Crippen molar-refractivity contribution < 1.29 is 30.9 Å². The summed E-state index contributed by atoms with van der Waals surface area (Å²) in [6.07, 6.45) is 19.0. The number of hydrogen-bond acceptors (Lipinski definition) is 5. The van der Waals surface area contributed by atoms with Gasteiger partial charge in [-0.05, 0) is 26.2 Å². The van der Waals surface area contributed by atoms with E-state index in [1.165, 1.54) is 25.7 Å². The van der Waals surface area contributed by atoms with E-state index in [1.807, 2.05) is 19.1 Å². The van der Waals surface area contributed by atoms with Crippen molar-refractivity contribution in [3.05, 3.63) is 24.3 Å². The molecule has 1 saturated heterocycles. The van der Waals surface area contributed by atoms with Gasteiger partial charge in [0.1, 0.15) is 0 Å². The molecule has 0 radical (unpaired) electrons. The molecule has 166 valence electrons. The highest BCUT2D eigenvalue weighted by molar-refractivity contribution is 5.00. The summed E-state index contributed by atoms with van der Waals surface area (Å²) >= 11 is 0. The Kier molecular flexibility index (Phi) is 41.1. The van der Waals surface area contributed by atoms with Gasteiger partial charge >= 0.3 is 0 Å². The summed E-state index contributed by atoms with van der Waals surface area (Å²) in [5, 5.41) is 29.2. The lowest BCUT2D eigenvalue weighted by Crippen LogP contribution is -2.10. The molecule has 6 heteroatoms. The van der Waals surface area contributed by atoms with Crippen LogP contribution in [0, 0.1) is 0 Å². The van der Waals surface area contributed by atoms with Crippen LogP contribution in [0.5, 0.6) is 0 Å². The van der Waals surface area contributed by atoms with Crippen molar-refractivity contribution in [1.82, 2.24) is 0 Å². The van der Waals surface area contributed by atoms with Crippen LogP contribution in [-0.2, 0) is 4.74 Å². The third kappa shape index (κ3) is 41.0. The zero-order valence-corrected chi connectivity index (χ0v) is 17.9. The van der Waals surface area contributed by atoms with Gasteiger partial charge in [-0.3, -0.25) is 10.5 Å². The summed E-state index contributed by atoms with van der Waals surface area (Å²) in [7, 11) is 0. The van der Waals surface area contributed by atoms with E-state index in [-0.39, 0.29) is 12.1 Å². The Bertz CT molecular complexity index is 278. The van der Waals surface area contributed by atoms with Gasteiger partial charge in [-0.1, -0.05) is 83.6 Å². The second-order valence-electron chi connectivity index (χ2n) is 6.15. The molecular formula is C21H46O6. The van der Waals surface area contributed by atoms with Gasteiger partial charge in [0.15, 0.2) is 0 Å². The summed E-state index contributed by atoms with van der Waals surface area (Å²) in [6, 6.07) is 0. The van der Waals surface area contributed by atoms with Gasteiger partial charge in [-0.25, -0.2) is 0 Å². The first kappa shape index (κ1) is 33.8. The third-order valence-corrected chi connectivity index (χ3v) is 3.56. The maximum atomic E-state index is 8.83. The van der Waals surface area contributed by atoms with Crippen molar-refractivity contribution in [3.63, 3.8) is 0 Å². The van der Waals surface area contributed by atoms with Crippen molar-refractivity contribution in [2.24, 2.45) is 0 Å². The second-order valence-corrected chi connectivity index (χ2v) is 6.15. The van der Waals surface area contributed by atoms with Gasteiger partial charge in [-0.2, -0.15) is 0 Å². The fourth-order valence-corrected chi connectivity index (χ4v) is 1.90. The minimum atomic E-state index is -0.489. The van der Waals surface area contributed by atoms with Crippen molar-refractivity contribution >= 4 is 0 Å². The Balaban J connectivity index is -0.000000139. The fraction of sp³-hybridized carbons (Fsp3) is 0.810. The van der Waals surface area contributed by atoms with Crippen LogP contribution in [0.4, 0.5) is 0 Å². The van der Waals surface area contributed by atoms with Crippen LogP contribution < -0.4 is 0 Å². The van der Waals surface area contributed by atoms with Gasteiger partial charge in [0.2, 0.25) is 0 Å². The molecule has 1 fully saturated rings. The molecular weight excluding hydrogens is 348 g/mol. The van der Waals surface area contributed by atoms with Crippen molar-refractivity contribution in [3.8, 4) is 0 Å². The first-order valence-electron chi connectivity index (χ1n) is 10.0. The Morgan fingerprint density at radius 1 is 1.00 bits per heavy atom. The third-order valence-electron chi connectivity index (χ3n) is 3.56. The quantitative estimate of drug-likeness (QED) is 0.134. The fourth-order valence-electron chi connectivity index (χ4n) is 1.90. The average Bonchev–Trinajstić information content (AvgIpc) is 3.50. The predicted molar refractivity (Wildman–Crippen MR) is 114 cm³/mol. The summed E-state index contributed by atoms with van der Waals surface area (Å²) in [6.45, 7) is 9.42. The molecule has 0 aromatic heterocycles. The smallest absolute Gasteiger partial charge is 0.0810 e. The molecule has 0 amide bonds. The van der Waals surface area contributed by atoms with Crippen molar-refractivity contribution in [2.45, 2.75) is 97.7 Å². The number of aliphatic hydroxyl groups excluding tert-OH is 2. The van der Waals surface area contributed by atoms with Crippen LogP contribution >= 0.6 is 0 Å². The second kappa shape index (κ2) is 32.9. The monoisotopic (exact) mass is 394 g/mol. The Hall–Kier alpha value is -0.760. The van der Waals surface area contributed by atoms with Crippen molar-refractivity contribution in [1.29, 1.82) is 0 Å². The first-order chi connectivity index (χ1) is 12.7. The molecule has 0 aliphatic carbocycles. The van der Waals surface area contributed by atoms with Crippen LogP contribution in [0.25, 0.3) is 0 Å². The van der Waals surface area contributed by atoms with Crippen LogP contribution in [0.2, 0.25) is 0 Å². The number of unbranched alkanes of at least 4 members (excludes halogenated alkanes) is 4. The van der Waals surface area contributed by atoms with Gasteiger partial charge in [0, 0.05) is 0 Å². The van der Waals surface area contributed by atoms with E-state index < -0.39 is 6.10 Å². The molecule has 2 unspecified atom stereocenters. The minimum absolute atomic E-state index is 0. The SMILES string of the molecule is CC=CC=CCC.CCCCCC(O)CO.CCCCCC1CO1.O.OO. The van der Waals surface area contributed by atoms with E-state index in [9.17, 15) is 0 Å². The van der Waals surface area contributed by atoms with E-state index in [2.05, 4.69) is 32.9 Å². The van der Waals surface area contributed by atoms with Crippen molar-refractivity contribution in [2.75, 3.05) is 13.2 Å². The summed E-state index contributed by atoms with van der Waals surface area (Å²) in [5.41, 5.74) is 0. The number of ether oxygens (including phenoxy) is 1. The summed E-state index contributed by atoms with van der Waals surface area (Å²) in [5.74, 6) is 0. The largest absolute Gasteiger partial charge is 0.412 e. The topological polar surface area (TPSA) is 125 Å². The highest BCUT2D eigenvalue weighted by Gasteiger charge is 2.20. The van der Waals surface area contributed by atoms with Crippen LogP contribution in [0.3, 0.4) is 0 Å². The number of rotatable bonds is 11. The zero-order chi connectivity index (χ0) is 20.5. The maximum Gasteiger partial charge on any atom is 0.0810 e. The van der Waals surface area contributed by atoms with Crippen LogP contribution in [0.15, 0.2) is 24.3 Å². The molecule has 6 nitrogen and oxygen atoms in total. The molecule has 27 heavy (non-hydrogen) atoms. The lowest BCUT2D eigenvalue weighted by Gasteiger charge is -2.04. The molecule has 0 bridgehead atoms. The molecule has 1 rings (SSSR count). The lowest BCUT2D eigenvalue weighted by atomic mass is 10.1. The highest BCUT2D eigenvalue weighted by atomic mass is 17.0. The Labute approximate surface area is 166 Å².